The van der Waals surface area contributed by atoms with Crippen molar-refractivity contribution in [2.24, 2.45) is 7.05 Å². The zero-order chi connectivity index (χ0) is 13.3. The quantitative estimate of drug-likeness (QED) is 0.946. The van der Waals surface area contributed by atoms with Gasteiger partial charge in [-0.3, -0.25) is 4.68 Å². The molecule has 0 spiro atoms. The van der Waals surface area contributed by atoms with Crippen LogP contribution in [0, 0.1) is 12.7 Å². The van der Waals surface area contributed by atoms with E-state index in [0.717, 1.165) is 17.0 Å². The number of nitrogens with zero attached hydrogens (tertiary/aromatic N) is 2. The van der Waals surface area contributed by atoms with Gasteiger partial charge in [0.25, 0.3) is 0 Å². The first kappa shape index (κ1) is 13.2. The molecule has 0 aliphatic heterocycles. The van der Waals surface area contributed by atoms with Gasteiger partial charge in [0.05, 0.1) is 17.5 Å². The molecule has 0 aliphatic carbocycles. The van der Waals surface area contributed by atoms with Gasteiger partial charge in [0, 0.05) is 17.9 Å². The van der Waals surface area contributed by atoms with Crippen LogP contribution < -0.4 is 0 Å². The molecule has 0 saturated heterocycles. The number of halogens is 2. The Morgan fingerprint density at radius 3 is 2.67 bits per heavy atom. The molecule has 0 amide bonds. The van der Waals surface area contributed by atoms with Crippen molar-refractivity contribution in [3.63, 3.8) is 0 Å². The van der Waals surface area contributed by atoms with Gasteiger partial charge in [-0.05, 0) is 36.8 Å². The fraction of sp³-hybridized carbons (Fsp3) is 0.308. The molecule has 18 heavy (non-hydrogen) atoms. The zero-order valence-corrected chi connectivity index (χ0v) is 11.8. The third-order valence-electron chi connectivity index (χ3n) is 2.73. The first-order chi connectivity index (χ1) is 8.45. The maximum Gasteiger partial charge on any atom is 0.124 e. The van der Waals surface area contributed by atoms with Crippen molar-refractivity contribution in [1.82, 2.24) is 9.78 Å². The van der Waals surface area contributed by atoms with Gasteiger partial charge in [0.1, 0.15) is 5.82 Å². The van der Waals surface area contributed by atoms with E-state index in [1.54, 1.807) is 17.8 Å². The maximum absolute atomic E-state index is 13.2. The zero-order valence-electron chi connectivity index (χ0n) is 10.2. The minimum Gasteiger partial charge on any atom is -0.386 e. The van der Waals surface area contributed by atoms with Crippen LogP contribution >= 0.6 is 15.9 Å². The highest BCUT2D eigenvalue weighted by atomic mass is 79.9. The summed E-state index contributed by atoms with van der Waals surface area (Å²) >= 11 is 3.24. The molecule has 3 nitrogen and oxygen atoms in total. The van der Waals surface area contributed by atoms with E-state index in [1.165, 1.54) is 12.1 Å². The number of aromatic nitrogens is 2. The molecule has 0 radical (unpaired) electrons. The molecule has 1 N–H and O–H groups in total. The molecule has 96 valence electrons. The smallest absolute Gasteiger partial charge is 0.124 e. The van der Waals surface area contributed by atoms with Crippen molar-refractivity contribution >= 4 is 15.9 Å². The first-order valence-corrected chi connectivity index (χ1v) is 6.38. The maximum atomic E-state index is 13.2. The summed E-state index contributed by atoms with van der Waals surface area (Å²) in [5.41, 5.74) is 2.33. The van der Waals surface area contributed by atoms with Crippen molar-refractivity contribution in [2.75, 3.05) is 0 Å². The molecule has 1 atom stereocenters. The van der Waals surface area contributed by atoms with Gasteiger partial charge in [0.15, 0.2) is 0 Å². The molecule has 0 bridgehead atoms. The van der Waals surface area contributed by atoms with Crippen molar-refractivity contribution in [1.29, 1.82) is 0 Å². The second-order valence-electron chi connectivity index (χ2n) is 4.33. The van der Waals surface area contributed by atoms with E-state index in [0.29, 0.717) is 10.9 Å². The Bertz CT molecular complexity index is 548. The Morgan fingerprint density at radius 1 is 1.39 bits per heavy atom. The van der Waals surface area contributed by atoms with Crippen LogP contribution in [0.3, 0.4) is 0 Å². The highest BCUT2D eigenvalue weighted by Gasteiger charge is 2.14. The van der Waals surface area contributed by atoms with E-state index in [-0.39, 0.29) is 5.82 Å². The van der Waals surface area contributed by atoms with Crippen LogP contribution in [0.2, 0.25) is 0 Å². The van der Waals surface area contributed by atoms with Crippen LogP contribution in [0.4, 0.5) is 4.39 Å². The molecule has 1 aromatic heterocycles. The summed E-state index contributed by atoms with van der Waals surface area (Å²) in [7, 11) is 1.78. The van der Waals surface area contributed by atoms with Crippen molar-refractivity contribution in [3.05, 3.63) is 51.5 Å². The summed E-state index contributed by atoms with van der Waals surface area (Å²) in [5.74, 6) is -0.312. The van der Waals surface area contributed by atoms with Gasteiger partial charge in [-0.2, -0.15) is 5.10 Å². The Balaban J connectivity index is 2.20. The van der Waals surface area contributed by atoms with E-state index in [1.807, 2.05) is 13.0 Å². The second kappa shape index (κ2) is 5.20. The van der Waals surface area contributed by atoms with Gasteiger partial charge >= 0.3 is 0 Å². The van der Waals surface area contributed by atoms with Crippen LogP contribution in [0.1, 0.15) is 23.1 Å². The van der Waals surface area contributed by atoms with Crippen molar-refractivity contribution in [2.45, 2.75) is 19.4 Å². The summed E-state index contributed by atoms with van der Waals surface area (Å²) in [6, 6.07) is 6.45. The van der Waals surface area contributed by atoms with Gasteiger partial charge in [-0.25, -0.2) is 4.39 Å². The molecular weight excluding hydrogens is 299 g/mol. The number of hydrogen-bond donors (Lipinski definition) is 1. The number of aliphatic hydroxyl groups excluding tert-OH is 1. The van der Waals surface area contributed by atoms with Crippen LogP contribution in [-0.4, -0.2) is 14.9 Å². The fourth-order valence-electron chi connectivity index (χ4n) is 2.00. The molecule has 0 saturated carbocycles. The fourth-order valence-corrected chi connectivity index (χ4v) is 2.51. The minimum atomic E-state index is -0.690. The minimum absolute atomic E-state index is 0.312. The highest BCUT2D eigenvalue weighted by Crippen LogP contribution is 2.22. The van der Waals surface area contributed by atoms with Crippen LogP contribution in [0.25, 0.3) is 0 Å². The summed E-state index contributed by atoms with van der Waals surface area (Å²) in [6.07, 6.45) is -0.333. The number of aryl methyl sites for hydroxylation is 2. The molecule has 2 aromatic rings. The summed E-state index contributed by atoms with van der Waals surface area (Å²) < 4.78 is 15.6. The van der Waals surface area contributed by atoms with Crippen LogP contribution in [0.15, 0.2) is 28.7 Å². The molecular formula is C13H14BrFN2O. The summed E-state index contributed by atoms with van der Waals surface area (Å²) in [6.45, 7) is 1.87. The van der Waals surface area contributed by atoms with Crippen molar-refractivity contribution in [3.8, 4) is 0 Å². The monoisotopic (exact) mass is 312 g/mol. The Labute approximate surface area is 113 Å². The number of aliphatic hydroxyl groups is 1. The lowest BCUT2D eigenvalue weighted by Crippen LogP contribution is -2.08. The number of rotatable bonds is 3. The van der Waals surface area contributed by atoms with Gasteiger partial charge < -0.3 is 5.11 Å². The second-order valence-corrected chi connectivity index (χ2v) is 5.25. The Hall–Kier alpha value is -1.20. The molecule has 5 heteroatoms. The standard InChI is InChI=1S/C13H14BrFN2O/c1-8-3-12(17(2)16-8)13(18)6-9-4-10(14)7-11(15)5-9/h3-5,7,13,18H,6H2,1-2H3. The molecule has 0 aliphatic rings. The SMILES string of the molecule is Cc1cc(C(O)Cc2cc(F)cc(Br)c2)n(C)n1. The normalized spacial score (nSPS) is 12.7. The topological polar surface area (TPSA) is 38.0 Å². The van der Waals surface area contributed by atoms with E-state index >= 15 is 0 Å². The van der Waals surface area contributed by atoms with Crippen LogP contribution in [0.5, 0.6) is 0 Å². The lowest BCUT2D eigenvalue weighted by Gasteiger charge is -2.11. The van der Waals surface area contributed by atoms with Crippen molar-refractivity contribution < 1.29 is 9.50 Å². The van der Waals surface area contributed by atoms with E-state index in [9.17, 15) is 9.50 Å². The van der Waals surface area contributed by atoms with Gasteiger partial charge in [0.2, 0.25) is 0 Å². The van der Waals surface area contributed by atoms with Gasteiger partial charge in [-0.1, -0.05) is 15.9 Å². The lowest BCUT2D eigenvalue weighted by molar-refractivity contribution is 0.168. The van der Waals surface area contributed by atoms with E-state index in [4.69, 9.17) is 0 Å². The molecule has 1 heterocycles. The third kappa shape index (κ3) is 2.97. The average molecular weight is 313 g/mol. The third-order valence-corrected chi connectivity index (χ3v) is 3.19. The molecule has 2 rings (SSSR count). The molecule has 0 fully saturated rings. The first-order valence-electron chi connectivity index (χ1n) is 5.59. The Morgan fingerprint density at radius 2 is 2.11 bits per heavy atom. The predicted molar refractivity (Wildman–Crippen MR) is 70.7 cm³/mol. The lowest BCUT2D eigenvalue weighted by atomic mass is 10.1. The largest absolute Gasteiger partial charge is 0.386 e. The predicted octanol–water partition coefficient (Wildman–Crippen LogP) is 2.91. The van der Waals surface area contributed by atoms with E-state index in [2.05, 4.69) is 21.0 Å². The summed E-state index contributed by atoms with van der Waals surface area (Å²) in [4.78, 5) is 0. The molecule has 1 aromatic carbocycles. The number of benzene rings is 1. The van der Waals surface area contributed by atoms with E-state index < -0.39 is 6.10 Å². The average Bonchev–Trinajstić information content (AvgIpc) is 2.56. The van der Waals surface area contributed by atoms with Gasteiger partial charge in [-0.15, -0.1) is 0 Å². The summed E-state index contributed by atoms with van der Waals surface area (Å²) in [5, 5.41) is 14.3. The Kier molecular flexibility index (Phi) is 3.82. The van der Waals surface area contributed by atoms with Crippen LogP contribution in [-0.2, 0) is 13.5 Å². The number of hydrogen-bond acceptors (Lipinski definition) is 2. The highest BCUT2D eigenvalue weighted by molar-refractivity contribution is 9.10. The molecule has 1 unspecified atom stereocenters.